The first-order valence-electron chi connectivity index (χ1n) is 5.38. The van der Waals surface area contributed by atoms with Gasteiger partial charge in [0, 0.05) is 6.07 Å². The van der Waals surface area contributed by atoms with E-state index in [2.05, 4.69) is 9.71 Å². The summed E-state index contributed by atoms with van der Waals surface area (Å²) in [6.45, 7) is 0. The molecule has 1 aromatic carbocycles. The molecule has 1 aromatic heterocycles. The van der Waals surface area contributed by atoms with E-state index in [-0.39, 0.29) is 11.4 Å². The van der Waals surface area contributed by atoms with E-state index >= 15 is 0 Å². The summed E-state index contributed by atoms with van der Waals surface area (Å²) in [4.78, 5) is 14.4. The molecule has 0 aliphatic heterocycles. The fraction of sp³-hybridized carbons (Fsp3) is 0.0909. The number of aromatic carboxylic acids is 1. The van der Waals surface area contributed by atoms with Crippen molar-refractivity contribution in [3.8, 4) is 5.75 Å². The number of sulfonamides is 1. The minimum absolute atomic E-state index is 0.0105. The van der Waals surface area contributed by atoms with Crippen LogP contribution in [0, 0.1) is 5.82 Å². The molecule has 0 saturated heterocycles. The summed E-state index contributed by atoms with van der Waals surface area (Å²) in [5, 5.41) is 8.90. The lowest BCUT2D eigenvalue weighted by molar-refractivity contribution is 0.0687. The molecule has 0 aliphatic rings. The summed E-state index contributed by atoms with van der Waals surface area (Å²) in [5.74, 6) is -2.08. The highest BCUT2D eigenvalue weighted by atomic mass is 32.2. The number of halogens is 1. The molecule has 1 heterocycles. The molecule has 10 heteroatoms. The van der Waals surface area contributed by atoms with Crippen LogP contribution in [-0.2, 0) is 10.0 Å². The van der Waals surface area contributed by atoms with Gasteiger partial charge in [0.15, 0.2) is 9.90 Å². The molecule has 2 rings (SSSR count). The maximum Gasteiger partial charge on any atom is 0.356 e. The van der Waals surface area contributed by atoms with Gasteiger partial charge in [-0.1, -0.05) is 0 Å². The van der Waals surface area contributed by atoms with Crippen LogP contribution >= 0.6 is 11.3 Å². The van der Waals surface area contributed by atoms with Crippen LogP contribution < -0.4 is 9.46 Å². The summed E-state index contributed by atoms with van der Waals surface area (Å²) < 4.78 is 44.0. The number of benzene rings is 1. The predicted molar refractivity (Wildman–Crippen MR) is 72.8 cm³/mol. The smallest absolute Gasteiger partial charge is 0.356 e. The number of carbonyl (C=O) groups is 1. The van der Waals surface area contributed by atoms with E-state index in [1.807, 2.05) is 0 Å². The summed E-state index contributed by atoms with van der Waals surface area (Å²) in [5.41, 5.74) is 0.525. The second-order valence-electron chi connectivity index (χ2n) is 3.74. The maximum atomic E-state index is 13.1. The van der Waals surface area contributed by atoms with Crippen molar-refractivity contribution in [2.24, 2.45) is 0 Å². The van der Waals surface area contributed by atoms with Gasteiger partial charge < -0.3 is 9.84 Å². The van der Waals surface area contributed by atoms with Crippen LogP contribution in [0.15, 0.2) is 27.9 Å². The third kappa shape index (κ3) is 3.11. The highest BCUT2D eigenvalue weighted by molar-refractivity contribution is 7.94. The van der Waals surface area contributed by atoms with E-state index in [0.29, 0.717) is 11.3 Å². The monoisotopic (exact) mass is 332 g/mol. The average molecular weight is 332 g/mol. The number of hydrogen-bond acceptors (Lipinski definition) is 6. The van der Waals surface area contributed by atoms with Crippen molar-refractivity contribution in [1.29, 1.82) is 0 Å². The predicted octanol–water partition coefficient (Wildman–Crippen LogP) is 1.79. The number of rotatable bonds is 5. The van der Waals surface area contributed by atoms with Gasteiger partial charge in [-0.25, -0.2) is 22.6 Å². The van der Waals surface area contributed by atoms with Crippen molar-refractivity contribution in [3.63, 3.8) is 0 Å². The van der Waals surface area contributed by atoms with E-state index in [1.165, 1.54) is 13.2 Å². The van der Waals surface area contributed by atoms with Crippen molar-refractivity contribution in [2.75, 3.05) is 11.8 Å². The van der Waals surface area contributed by atoms with Crippen LogP contribution in [0.1, 0.15) is 10.5 Å². The molecule has 0 saturated carbocycles. The molecule has 0 spiro atoms. The van der Waals surface area contributed by atoms with Gasteiger partial charge >= 0.3 is 5.97 Å². The molecular weight excluding hydrogens is 323 g/mol. The van der Waals surface area contributed by atoms with Gasteiger partial charge in [-0.2, -0.15) is 0 Å². The zero-order chi connectivity index (χ0) is 15.6. The highest BCUT2D eigenvalue weighted by Gasteiger charge is 2.26. The highest BCUT2D eigenvalue weighted by Crippen LogP contribution is 2.29. The van der Waals surface area contributed by atoms with Crippen molar-refractivity contribution in [3.05, 3.63) is 35.2 Å². The molecule has 2 aromatic rings. The molecular formula is C11H9FN2O5S2. The second kappa shape index (κ2) is 5.66. The lowest BCUT2D eigenvalue weighted by atomic mass is 10.3. The number of thiazole rings is 1. The van der Waals surface area contributed by atoms with Crippen LogP contribution in [0.5, 0.6) is 5.75 Å². The topological polar surface area (TPSA) is 106 Å². The third-order valence-electron chi connectivity index (χ3n) is 2.39. The Balaban J connectivity index is 2.42. The lowest BCUT2D eigenvalue weighted by Crippen LogP contribution is -2.16. The Labute approximate surface area is 123 Å². The molecule has 2 N–H and O–H groups in total. The summed E-state index contributed by atoms with van der Waals surface area (Å²) in [6, 6.07) is 3.22. The molecule has 0 radical (unpaired) electrons. The first-order chi connectivity index (χ1) is 9.85. The number of nitrogens with one attached hydrogen (secondary N) is 1. The van der Waals surface area contributed by atoms with E-state index in [4.69, 9.17) is 9.84 Å². The Morgan fingerprint density at radius 1 is 1.48 bits per heavy atom. The fourth-order valence-corrected chi connectivity index (χ4v) is 3.72. The second-order valence-corrected chi connectivity index (χ2v) is 6.48. The van der Waals surface area contributed by atoms with Crippen LogP contribution in [0.25, 0.3) is 0 Å². The Bertz CT molecular complexity index is 788. The van der Waals surface area contributed by atoms with Crippen LogP contribution in [-0.4, -0.2) is 31.6 Å². The fourth-order valence-electron chi connectivity index (χ4n) is 1.51. The molecule has 7 nitrogen and oxygen atoms in total. The molecule has 0 bridgehead atoms. The Kier molecular flexibility index (Phi) is 4.09. The minimum atomic E-state index is -4.17. The van der Waals surface area contributed by atoms with Gasteiger partial charge in [-0.05, 0) is 12.1 Å². The number of methoxy groups -OCH3 is 1. The van der Waals surface area contributed by atoms with Gasteiger partial charge in [0.25, 0.3) is 10.0 Å². The largest absolute Gasteiger partial charge is 0.494 e. The number of anilines is 1. The molecule has 0 aliphatic carbocycles. The lowest BCUT2D eigenvalue weighted by Gasteiger charge is -2.11. The molecule has 0 unspecified atom stereocenters. The van der Waals surface area contributed by atoms with E-state index in [1.54, 1.807) is 0 Å². The van der Waals surface area contributed by atoms with Gasteiger partial charge in [0.2, 0.25) is 0 Å². The Morgan fingerprint density at radius 3 is 2.81 bits per heavy atom. The van der Waals surface area contributed by atoms with Crippen molar-refractivity contribution in [1.82, 2.24) is 4.98 Å². The van der Waals surface area contributed by atoms with Gasteiger partial charge in [-0.15, -0.1) is 11.3 Å². The van der Waals surface area contributed by atoms with Gasteiger partial charge in [-0.3, -0.25) is 4.72 Å². The van der Waals surface area contributed by atoms with Gasteiger partial charge in [0.05, 0.1) is 18.3 Å². The summed E-state index contributed by atoms with van der Waals surface area (Å²) >= 11 is 0.663. The molecule has 0 atom stereocenters. The summed E-state index contributed by atoms with van der Waals surface area (Å²) in [7, 11) is -2.92. The third-order valence-corrected chi connectivity index (χ3v) is 5.12. The Hall–Kier alpha value is -2.20. The quantitative estimate of drug-likeness (QED) is 0.865. The zero-order valence-corrected chi connectivity index (χ0v) is 12.2. The first-order valence-corrected chi connectivity index (χ1v) is 7.74. The number of carboxylic acids is 1. The normalized spacial score (nSPS) is 11.1. The Morgan fingerprint density at radius 2 is 2.19 bits per heavy atom. The van der Waals surface area contributed by atoms with E-state index in [9.17, 15) is 17.6 Å². The van der Waals surface area contributed by atoms with Crippen LogP contribution in [0.2, 0.25) is 0 Å². The molecule has 21 heavy (non-hydrogen) atoms. The SMILES string of the molecule is COc1cc(F)ccc1NS(=O)(=O)c1scnc1C(=O)O. The van der Waals surface area contributed by atoms with Crippen LogP contribution in [0.3, 0.4) is 0 Å². The standard InChI is InChI=1S/C11H9FN2O5S2/c1-19-8-4-6(12)2-3-7(8)14-21(17,18)11-9(10(15)16)13-5-20-11/h2-5,14H,1H3,(H,15,16). The number of aromatic nitrogens is 1. The summed E-state index contributed by atoms with van der Waals surface area (Å²) in [6.07, 6.45) is 0. The molecule has 0 amide bonds. The van der Waals surface area contributed by atoms with E-state index < -0.39 is 31.7 Å². The number of carboxylic acid groups (broad SMARTS) is 1. The van der Waals surface area contributed by atoms with Crippen molar-refractivity contribution >= 4 is 33.0 Å². The first kappa shape index (κ1) is 15.2. The maximum absolute atomic E-state index is 13.1. The molecule has 0 fully saturated rings. The van der Waals surface area contributed by atoms with Gasteiger partial charge in [0.1, 0.15) is 11.6 Å². The van der Waals surface area contributed by atoms with E-state index in [0.717, 1.165) is 17.6 Å². The van der Waals surface area contributed by atoms with Crippen LogP contribution in [0.4, 0.5) is 10.1 Å². The van der Waals surface area contributed by atoms with Crippen molar-refractivity contribution < 1.29 is 27.4 Å². The average Bonchev–Trinajstić information content (AvgIpc) is 2.91. The van der Waals surface area contributed by atoms with Crippen molar-refractivity contribution in [2.45, 2.75) is 4.21 Å². The molecule has 112 valence electrons. The number of ether oxygens (including phenoxy) is 1. The number of hydrogen-bond donors (Lipinski definition) is 2. The minimum Gasteiger partial charge on any atom is -0.494 e. The zero-order valence-electron chi connectivity index (χ0n) is 10.5. The number of nitrogens with zero attached hydrogens (tertiary/aromatic N) is 1.